The highest BCUT2D eigenvalue weighted by Gasteiger charge is 2.24. The van der Waals surface area contributed by atoms with Crippen molar-refractivity contribution in [1.29, 1.82) is 0 Å². The number of primary amides is 1. The molecule has 3 aromatic rings. The minimum absolute atomic E-state index is 0.137. The second kappa shape index (κ2) is 9.26. The van der Waals surface area contributed by atoms with Crippen LogP contribution in [-0.4, -0.2) is 34.9 Å². The second-order valence-electron chi connectivity index (χ2n) is 7.83. The number of pyridine rings is 1. The largest absolute Gasteiger partial charge is 0.369 e. The lowest BCUT2D eigenvalue weighted by molar-refractivity contribution is -0.122. The van der Waals surface area contributed by atoms with Crippen molar-refractivity contribution in [2.24, 2.45) is 11.7 Å². The number of aryl methyl sites for hydroxylation is 1. The SMILES string of the molecule is Cc1ccc(-c2nc(CC(=O)Nc3ccc(N4CCCC(C(N)=O)C4)nc3)cs2)cc1. The van der Waals surface area contributed by atoms with Gasteiger partial charge in [0.15, 0.2) is 0 Å². The first kappa shape index (κ1) is 21.0. The second-order valence-corrected chi connectivity index (χ2v) is 8.69. The summed E-state index contributed by atoms with van der Waals surface area (Å²) in [5.41, 5.74) is 9.08. The lowest BCUT2D eigenvalue weighted by Gasteiger charge is -2.32. The van der Waals surface area contributed by atoms with Gasteiger partial charge >= 0.3 is 0 Å². The van der Waals surface area contributed by atoms with E-state index in [2.05, 4.69) is 32.3 Å². The van der Waals surface area contributed by atoms with Gasteiger partial charge < -0.3 is 16.0 Å². The standard InChI is InChI=1S/C23H25N5O2S/c1-15-4-6-16(7-5-15)23-27-19(14-31-23)11-21(29)26-18-8-9-20(25-12-18)28-10-2-3-17(13-28)22(24)30/h4-9,12,14,17H,2-3,10-11,13H2,1H3,(H2,24,30)(H,26,29). The predicted molar refractivity (Wildman–Crippen MR) is 123 cm³/mol. The van der Waals surface area contributed by atoms with Crippen LogP contribution in [-0.2, 0) is 16.0 Å². The summed E-state index contributed by atoms with van der Waals surface area (Å²) < 4.78 is 0. The Morgan fingerprint density at radius 1 is 1.23 bits per heavy atom. The molecule has 0 aliphatic carbocycles. The lowest BCUT2D eigenvalue weighted by Crippen LogP contribution is -2.41. The van der Waals surface area contributed by atoms with Crippen molar-refractivity contribution in [2.45, 2.75) is 26.2 Å². The molecule has 31 heavy (non-hydrogen) atoms. The highest BCUT2D eigenvalue weighted by molar-refractivity contribution is 7.13. The zero-order chi connectivity index (χ0) is 21.8. The molecule has 0 bridgehead atoms. The van der Waals surface area contributed by atoms with Crippen LogP contribution in [0, 0.1) is 12.8 Å². The molecule has 1 aromatic carbocycles. The lowest BCUT2D eigenvalue weighted by atomic mass is 9.97. The fraction of sp³-hybridized carbons (Fsp3) is 0.304. The number of piperidine rings is 1. The first-order valence-electron chi connectivity index (χ1n) is 10.3. The Morgan fingerprint density at radius 2 is 2.03 bits per heavy atom. The van der Waals surface area contributed by atoms with Gasteiger partial charge in [-0.1, -0.05) is 29.8 Å². The van der Waals surface area contributed by atoms with Gasteiger partial charge in [-0.05, 0) is 31.9 Å². The molecule has 4 rings (SSSR count). The van der Waals surface area contributed by atoms with E-state index in [0.717, 1.165) is 41.5 Å². The molecule has 0 spiro atoms. The van der Waals surface area contributed by atoms with Crippen LogP contribution in [0.25, 0.3) is 10.6 Å². The third kappa shape index (κ3) is 5.27. The Balaban J connectivity index is 1.34. The summed E-state index contributed by atoms with van der Waals surface area (Å²) in [6, 6.07) is 11.9. The van der Waals surface area contributed by atoms with Crippen LogP contribution < -0.4 is 16.0 Å². The average Bonchev–Trinajstić information content (AvgIpc) is 3.23. The maximum absolute atomic E-state index is 12.4. The van der Waals surface area contributed by atoms with E-state index in [1.807, 2.05) is 36.6 Å². The highest BCUT2D eigenvalue weighted by Crippen LogP contribution is 2.25. The van der Waals surface area contributed by atoms with E-state index in [-0.39, 0.29) is 24.2 Å². The summed E-state index contributed by atoms with van der Waals surface area (Å²) in [6.45, 7) is 3.48. The van der Waals surface area contributed by atoms with Crippen molar-refractivity contribution < 1.29 is 9.59 Å². The van der Waals surface area contributed by atoms with Gasteiger partial charge in [0, 0.05) is 24.0 Å². The molecule has 1 aliphatic heterocycles. The van der Waals surface area contributed by atoms with Crippen LogP contribution in [0.1, 0.15) is 24.1 Å². The molecule has 1 aliphatic rings. The smallest absolute Gasteiger partial charge is 0.230 e. The molecule has 0 saturated carbocycles. The number of carbonyl (C=O) groups excluding carboxylic acids is 2. The summed E-state index contributed by atoms with van der Waals surface area (Å²) in [6.07, 6.45) is 3.57. The molecule has 1 fully saturated rings. The summed E-state index contributed by atoms with van der Waals surface area (Å²) >= 11 is 1.53. The summed E-state index contributed by atoms with van der Waals surface area (Å²) in [4.78, 5) is 35.0. The molecule has 2 amide bonds. The predicted octanol–water partition coefficient (Wildman–Crippen LogP) is 3.40. The average molecular weight is 436 g/mol. The van der Waals surface area contributed by atoms with Gasteiger partial charge in [0.25, 0.3) is 0 Å². The number of anilines is 2. The number of thiazole rings is 1. The van der Waals surface area contributed by atoms with Crippen molar-refractivity contribution in [1.82, 2.24) is 9.97 Å². The molecule has 2 aromatic heterocycles. The van der Waals surface area contributed by atoms with E-state index in [0.29, 0.717) is 12.2 Å². The van der Waals surface area contributed by atoms with Crippen molar-refractivity contribution in [3.8, 4) is 10.6 Å². The summed E-state index contributed by atoms with van der Waals surface area (Å²) in [5, 5.41) is 5.70. The molecule has 160 valence electrons. The Labute approximate surface area is 185 Å². The minimum atomic E-state index is -0.263. The van der Waals surface area contributed by atoms with Crippen molar-refractivity contribution in [3.05, 3.63) is 59.2 Å². The summed E-state index contributed by atoms with van der Waals surface area (Å²) in [7, 11) is 0. The molecular formula is C23H25N5O2S. The molecule has 1 atom stereocenters. The Kier molecular flexibility index (Phi) is 6.27. The van der Waals surface area contributed by atoms with Crippen molar-refractivity contribution in [2.75, 3.05) is 23.3 Å². The van der Waals surface area contributed by atoms with Gasteiger partial charge in [0.2, 0.25) is 11.8 Å². The number of carbonyl (C=O) groups is 2. The zero-order valence-electron chi connectivity index (χ0n) is 17.4. The van der Waals surface area contributed by atoms with E-state index in [4.69, 9.17) is 5.73 Å². The van der Waals surface area contributed by atoms with Crippen LogP contribution in [0.2, 0.25) is 0 Å². The normalized spacial score (nSPS) is 16.2. The number of nitrogens with one attached hydrogen (secondary N) is 1. The van der Waals surface area contributed by atoms with E-state index in [9.17, 15) is 9.59 Å². The number of nitrogens with zero attached hydrogens (tertiary/aromatic N) is 3. The minimum Gasteiger partial charge on any atom is -0.369 e. The zero-order valence-corrected chi connectivity index (χ0v) is 18.2. The van der Waals surface area contributed by atoms with Crippen LogP contribution in [0.15, 0.2) is 48.0 Å². The van der Waals surface area contributed by atoms with E-state index < -0.39 is 0 Å². The topological polar surface area (TPSA) is 101 Å². The Morgan fingerprint density at radius 3 is 2.74 bits per heavy atom. The quantitative estimate of drug-likeness (QED) is 0.618. The first-order valence-corrected chi connectivity index (χ1v) is 11.2. The third-order valence-corrected chi connectivity index (χ3v) is 6.31. The molecule has 7 nitrogen and oxygen atoms in total. The first-order chi connectivity index (χ1) is 15.0. The van der Waals surface area contributed by atoms with Gasteiger partial charge in [0.05, 0.1) is 29.9 Å². The molecule has 1 unspecified atom stereocenters. The van der Waals surface area contributed by atoms with Crippen LogP contribution in [0.5, 0.6) is 0 Å². The Bertz CT molecular complexity index is 1060. The number of hydrogen-bond donors (Lipinski definition) is 2. The number of benzene rings is 1. The fourth-order valence-corrected chi connectivity index (χ4v) is 4.48. The maximum atomic E-state index is 12.4. The van der Waals surface area contributed by atoms with Gasteiger partial charge in [-0.25, -0.2) is 9.97 Å². The van der Waals surface area contributed by atoms with Gasteiger partial charge in [0.1, 0.15) is 10.8 Å². The number of nitrogens with two attached hydrogens (primary N) is 1. The molecule has 3 heterocycles. The molecule has 3 N–H and O–H groups in total. The monoisotopic (exact) mass is 435 g/mol. The molecule has 1 saturated heterocycles. The van der Waals surface area contributed by atoms with Crippen molar-refractivity contribution >= 4 is 34.7 Å². The van der Waals surface area contributed by atoms with Gasteiger partial charge in [-0.15, -0.1) is 11.3 Å². The van der Waals surface area contributed by atoms with Gasteiger partial charge in [-0.3, -0.25) is 9.59 Å². The van der Waals surface area contributed by atoms with E-state index in [1.165, 1.54) is 16.9 Å². The number of rotatable bonds is 6. The molecule has 0 radical (unpaired) electrons. The number of amides is 2. The van der Waals surface area contributed by atoms with E-state index >= 15 is 0 Å². The number of aromatic nitrogens is 2. The van der Waals surface area contributed by atoms with E-state index in [1.54, 1.807) is 6.20 Å². The molecule has 8 heteroatoms. The van der Waals surface area contributed by atoms with Crippen molar-refractivity contribution in [3.63, 3.8) is 0 Å². The highest BCUT2D eigenvalue weighted by atomic mass is 32.1. The molecular weight excluding hydrogens is 410 g/mol. The van der Waals surface area contributed by atoms with Gasteiger partial charge in [-0.2, -0.15) is 0 Å². The Hall–Kier alpha value is -3.26. The van der Waals surface area contributed by atoms with Crippen LogP contribution in [0.4, 0.5) is 11.5 Å². The fourth-order valence-electron chi connectivity index (χ4n) is 3.65. The van der Waals surface area contributed by atoms with Crippen LogP contribution in [0.3, 0.4) is 0 Å². The third-order valence-electron chi connectivity index (χ3n) is 5.37. The summed E-state index contributed by atoms with van der Waals surface area (Å²) in [5.74, 6) is 0.243. The number of hydrogen-bond acceptors (Lipinski definition) is 6. The maximum Gasteiger partial charge on any atom is 0.230 e. The van der Waals surface area contributed by atoms with Crippen LogP contribution >= 0.6 is 11.3 Å².